The maximum absolute atomic E-state index is 14.7. The highest BCUT2D eigenvalue weighted by Gasteiger charge is 2.56. The van der Waals surface area contributed by atoms with Gasteiger partial charge in [0.1, 0.15) is 0 Å². The molecule has 0 aromatic heterocycles. The SMILES string of the molecule is CC[C@@]1(CC(=O)O)C[C@H](c2cccc(Cl)c2)[C@@H](c2ccc(Cl)cc2)N([C@H](CN(C)S(=O)(=O)C2CC2)C2CC2)C1=O. The van der Waals surface area contributed by atoms with Crippen molar-refractivity contribution >= 4 is 45.1 Å². The number of halogens is 2. The van der Waals surface area contributed by atoms with Gasteiger partial charge < -0.3 is 10.0 Å². The molecule has 216 valence electrons. The summed E-state index contributed by atoms with van der Waals surface area (Å²) in [5.41, 5.74) is 0.658. The summed E-state index contributed by atoms with van der Waals surface area (Å²) in [6, 6.07) is 14.1. The fourth-order valence-corrected chi connectivity index (χ4v) is 8.38. The van der Waals surface area contributed by atoms with Crippen LogP contribution >= 0.6 is 23.2 Å². The van der Waals surface area contributed by atoms with Crippen molar-refractivity contribution in [3.05, 3.63) is 69.7 Å². The fraction of sp³-hybridized carbons (Fsp3) is 0.533. The molecule has 1 amide bonds. The van der Waals surface area contributed by atoms with Gasteiger partial charge in [-0.15, -0.1) is 0 Å². The molecule has 2 aromatic rings. The van der Waals surface area contributed by atoms with Crippen LogP contribution in [0.15, 0.2) is 48.5 Å². The van der Waals surface area contributed by atoms with Crippen molar-refractivity contribution in [2.24, 2.45) is 11.3 Å². The van der Waals surface area contributed by atoms with Crippen molar-refractivity contribution in [1.29, 1.82) is 0 Å². The van der Waals surface area contributed by atoms with Gasteiger partial charge in [0, 0.05) is 35.6 Å². The molecule has 4 atom stereocenters. The van der Waals surface area contributed by atoms with Crippen LogP contribution in [0.5, 0.6) is 0 Å². The number of carboxylic acids is 1. The van der Waals surface area contributed by atoms with E-state index >= 15 is 0 Å². The first-order valence-electron chi connectivity index (χ1n) is 14.0. The summed E-state index contributed by atoms with van der Waals surface area (Å²) in [7, 11) is -1.86. The van der Waals surface area contributed by atoms with Gasteiger partial charge in [0.05, 0.1) is 23.1 Å². The van der Waals surface area contributed by atoms with E-state index < -0.39 is 33.5 Å². The number of likely N-dealkylation sites (N-methyl/N-ethyl adjacent to an activating group) is 1. The van der Waals surface area contributed by atoms with Gasteiger partial charge >= 0.3 is 5.97 Å². The van der Waals surface area contributed by atoms with Gasteiger partial charge in [-0.1, -0.05) is 54.4 Å². The van der Waals surface area contributed by atoms with Crippen molar-refractivity contribution in [1.82, 2.24) is 9.21 Å². The molecule has 7 nitrogen and oxygen atoms in total. The number of aliphatic carboxylic acids is 1. The molecule has 2 aromatic carbocycles. The number of amides is 1. The number of benzene rings is 2. The Morgan fingerprint density at radius 1 is 1.07 bits per heavy atom. The highest BCUT2D eigenvalue weighted by atomic mass is 35.5. The van der Waals surface area contributed by atoms with Gasteiger partial charge in [-0.2, -0.15) is 0 Å². The number of hydrogen-bond donors (Lipinski definition) is 1. The Morgan fingerprint density at radius 3 is 2.30 bits per heavy atom. The number of carbonyl (C=O) groups is 2. The zero-order valence-electron chi connectivity index (χ0n) is 22.8. The summed E-state index contributed by atoms with van der Waals surface area (Å²) < 4.78 is 27.8. The second kappa shape index (κ2) is 11.3. The monoisotopic (exact) mass is 606 g/mol. The Balaban J connectivity index is 1.67. The molecule has 0 radical (unpaired) electrons. The largest absolute Gasteiger partial charge is 0.481 e. The van der Waals surface area contributed by atoms with Crippen molar-refractivity contribution in [3.8, 4) is 0 Å². The molecule has 2 aliphatic carbocycles. The third kappa shape index (κ3) is 5.78. The minimum absolute atomic E-state index is 0.132. The van der Waals surface area contributed by atoms with E-state index in [-0.39, 0.29) is 36.0 Å². The van der Waals surface area contributed by atoms with E-state index in [0.29, 0.717) is 35.7 Å². The second-order valence-electron chi connectivity index (χ2n) is 11.7. The van der Waals surface area contributed by atoms with E-state index in [1.165, 1.54) is 4.31 Å². The van der Waals surface area contributed by atoms with Gasteiger partial charge in [0.15, 0.2) is 0 Å². The molecular weight excluding hydrogens is 571 g/mol. The Hall–Kier alpha value is -2.13. The lowest BCUT2D eigenvalue weighted by Crippen LogP contribution is -2.59. The van der Waals surface area contributed by atoms with Gasteiger partial charge in [-0.25, -0.2) is 12.7 Å². The van der Waals surface area contributed by atoms with Crippen LogP contribution in [0.3, 0.4) is 0 Å². The Kier molecular flexibility index (Phi) is 8.28. The molecule has 1 heterocycles. The standard InChI is InChI=1S/C30H36Cl2N2O5S/c1-3-30(17-27(35)36)16-25(21-5-4-6-23(32)15-21)28(20-9-11-22(31)12-10-20)34(29(30)37)26(19-7-8-19)18-33(2)40(38,39)24-13-14-24/h4-6,9-12,15,19,24-26,28H,3,7-8,13-14,16-18H2,1-2H3,(H,35,36)/t25-,26-,28-,30+/m1/s1. The van der Waals surface area contributed by atoms with Gasteiger partial charge in [0.25, 0.3) is 0 Å². The quantitative estimate of drug-likeness (QED) is 0.332. The first kappa shape index (κ1) is 29.4. The number of piperidine rings is 1. The maximum atomic E-state index is 14.7. The van der Waals surface area contributed by atoms with Gasteiger partial charge in [-0.3, -0.25) is 9.59 Å². The molecule has 40 heavy (non-hydrogen) atoms. The van der Waals surface area contributed by atoms with Crippen LogP contribution in [0.2, 0.25) is 10.0 Å². The van der Waals surface area contributed by atoms with Crippen LogP contribution in [0.4, 0.5) is 0 Å². The minimum Gasteiger partial charge on any atom is -0.481 e. The van der Waals surface area contributed by atoms with Crippen LogP contribution in [-0.2, 0) is 19.6 Å². The molecule has 1 saturated heterocycles. The lowest BCUT2D eigenvalue weighted by Gasteiger charge is -2.53. The third-order valence-corrected chi connectivity index (χ3v) is 11.8. The number of sulfonamides is 1. The number of carbonyl (C=O) groups excluding carboxylic acids is 1. The number of likely N-dealkylation sites (tertiary alicyclic amines) is 1. The zero-order valence-corrected chi connectivity index (χ0v) is 25.1. The van der Waals surface area contributed by atoms with E-state index in [2.05, 4.69) is 0 Å². The summed E-state index contributed by atoms with van der Waals surface area (Å²) >= 11 is 12.7. The summed E-state index contributed by atoms with van der Waals surface area (Å²) in [5.74, 6) is -1.37. The van der Waals surface area contributed by atoms with Crippen molar-refractivity contribution in [2.75, 3.05) is 13.6 Å². The van der Waals surface area contributed by atoms with Crippen molar-refractivity contribution < 1.29 is 23.1 Å². The lowest BCUT2D eigenvalue weighted by molar-refractivity contribution is -0.163. The van der Waals surface area contributed by atoms with Crippen LogP contribution in [-0.4, -0.2) is 59.5 Å². The number of nitrogens with zero attached hydrogens (tertiary/aromatic N) is 2. The molecular formula is C30H36Cl2N2O5S. The average Bonchev–Trinajstić information content (AvgIpc) is 3.82. The average molecular weight is 608 g/mol. The molecule has 2 saturated carbocycles. The predicted octanol–water partition coefficient (Wildman–Crippen LogP) is 6.12. The molecule has 1 aliphatic heterocycles. The predicted molar refractivity (Wildman–Crippen MR) is 156 cm³/mol. The van der Waals surface area contributed by atoms with Gasteiger partial charge in [-0.05, 0) is 79.8 Å². The van der Waals surface area contributed by atoms with Crippen LogP contribution < -0.4 is 0 Å². The maximum Gasteiger partial charge on any atom is 0.304 e. The second-order valence-corrected chi connectivity index (χ2v) is 14.9. The van der Waals surface area contributed by atoms with Crippen LogP contribution in [0.1, 0.15) is 75.0 Å². The molecule has 3 aliphatic rings. The highest BCUT2D eigenvalue weighted by molar-refractivity contribution is 7.90. The van der Waals surface area contributed by atoms with Crippen LogP contribution in [0.25, 0.3) is 0 Å². The van der Waals surface area contributed by atoms with E-state index in [1.807, 2.05) is 42.2 Å². The zero-order chi connectivity index (χ0) is 28.8. The Morgan fingerprint density at radius 2 is 1.75 bits per heavy atom. The molecule has 3 fully saturated rings. The highest BCUT2D eigenvalue weighted by Crippen LogP contribution is 2.55. The summed E-state index contributed by atoms with van der Waals surface area (Å²) in [4.78, 5) is 28.7. The lowest BCUT2D eigenvalue weighted by atomic mass is 9.64. The number of rotatable bonds is 11. The molecule has 5 rings (SSSR count). The van der Waals surface area contributed by atoms with Crippen molar-refractivity contribution in [3.63, 3.8) is 0 Å². The fourth-order valence-electron chi connectivity index (χ4n) is 6.45. The molecule has 0 bridgehead atoms. The van der Waals surface area contributed by atoms with Gasteiger partial charge in [0.2, 0.25) is 15.9 Å². The summed E-state index contributed by atoms with van der Waals surface area (Å²) in [6.45, 7) is 2.04. The topological polar surface area (TPSA) is 95.0 Å². The van der Waals surface area contributed by atoms with E-state index in [4.69, 9.17) is 23.2 Å². The number of carboxylic acid groups (broad SMARTS) is 1. The van der Waals surface area contributed by atoms with E-state index in [1.54, 1.807) is 25.2 Å². The van der Waals surface area contributed by atoms with E-state index in [9.17, 15) is 23.1 Å². The molecule has 0 spiro atoms. The number of hydrogen-bond acceptors (Lipinski definition) is 4. The molecule has 10 heteroatoms. The first-order valence-corrected chi connectivity index (χ1v) is 16.2. The smallest absolute Gasteiger partial charge is 0.304 e. The van der Waals surface area contributed by atoms with E-state index in [0.717, 1.165) is 24.0 Å². The summed E-state index contributed by atoms with van der Waals surface area (Å²) in [5, 5.41) is 10.7. The first-order chi connectivity index (χ1) is 19.0. The third-order valence-electron chi connectivity index (χ3n) is 8.98. The molecule has 0 unspecified atom stereocenters. The van der Waals surface area contributed by atoms with Crippen molar-refractivity contribution in [2.45, 2.75) is 75.1 Å². The van der Waals surface area contributed by atoms with Crippen LogP contribution in [0, 0.1) is 11.3 Å². The molecule has 1 N–H and O–H groups in total. The summed E-state index contributed by atoms with van der Waals surface area (Å²) in [6.07, 6.45) is 3.49. The normalized spacial score (nSPS) is 26.2. The Bertz CT molecular complexity index is 1380. The minimum atomic E-state index is -3.47. The Labute approximate surface area is 246 Å².